The lowest BCUT2D eigenvalue weighted by atomic mass is 10.1. The minimum absolute atomic E-state index is 0.329. The molecule has 3 aromatic heterocycles. The molecule has 0 unspecified atom stereocenters. The van der Waals surface area contributed by atoms with Crippen LogP contribution in [0.1, 0.15) is 18.2 Å². The second-order valence-corrected chi connectivity index (χ2v) is 7.63. The van der Waals surface area contributed by atoms with Gasteiger partial charge in [-0.25, -0.2) is 14.4 Å². The Bertz CT molecular complexity index is 1240. The van der Waals surface area contributed by atoms with E-state index in [1.54, 1.807) is 28.0 Å². The molecule has 1 aromatic carbocycles. The average molecular weight is 422 g/mol. The van der Waals surface area contributed by atoms with Gasteiger partial charge < -0.3 is 14.6 Å². The molecule has 0 saturated heterocycles. The van der Waals surface area contributed by atoms with Crippen LogP contribution in [0.3, 0.4) is 0 Å². The first-order valence-corrected chi connectivity index (χ1v) is 10.4. The third kappa shape index (κ3) is 3.84. The fraction of sp³-hybridized carbons (Fsp3) is 0.227. The maximum Gasteiger partial charge on any atom is 0.147 e. The first kappa shape index (κ1) is 19.9. The summed E-state index contributed by atoms with van der Waals surface area (Å²) in [6.45, 7) is 5.39. The molecule has 6 nitrogen and oxygen atoms in total. The van der Waals surface area contributed by atoms with Gasteiger partial charge in [0.15, 0.2) is 0 Å². The number of nitrogens with zero attached hydrogens (tertiary/aromatic N) is 4. The maximum absolute atomic E-state index is 14.4. The Morgan fingerprint density at radius 3 is 2.93 bits per heavy atom. The molecule has 8 heteroatoms. The fourth-order valence-corrected chi connectivity index (χ4v) is 4.17. The zero-order chi connectivity index (χ0) is 21.1. The van der Waals surface area contributed by atoms with E-state index >= 15 is 0 Å². The predicted molar refractivity (Wildman–Crippen MR) is 116 cm³/mol. The predicted octanol–water partition coefficient (Wildman–Crippen LogP) is 4.99. The van der Waals surface area contributed by atoms with E-state index in [1.807, 2.05) is 31.4 Å². The maximum atomic E-state index is 14.4. The number of aryl methyl sites for hydroxylation is 1. The van der Waals surface area contributed by atoms with E-state index in [9.17, 15) is 9.65 Å². The van der Waals surface area contributed by atoms with Gasteiger partial charge in [0, 0.05) is 36.0 Å². The van der Waals surface area contributed by atoms with Crippen molar-refractivity contribution in [2.45, 2.75) is 20.4 Å². The van der Waals surface area contributed by atoms with Crippen molar-refractivity contribution in [2.75, 3.05) is 18.5 Å². The molecule has 1 N–H and O–H groups in total. The van der Waals surface area contributed by atoms with Crippen LogP contribution in [0.15, 0.2) is 42.0 Å². The summed E-state index contributed by atoms with van der Waals surface area (Å²) in [5.74, 6) is 1.16. The standard InChI is InChI=1S/C22H20FN5OS/c1-3-29-16-9-20(30-12-16)19-10-21(27-13-26-19)25-6-7-28-15(11-24)8-17-14(2)4-5-18(23)22(17)28/h4-5,8-10,12-13H,3,6-7H2,1-2H3,(H,25,26,27). The first-order chi connectivity index (χ1) is 14.6. The summed E-state index contributed by atoms with van der Waals surface area (Å²) in [5, 5.41) is 15.4. The minimum Gasteiger partial charge on any atom is -0.493 e. The van der Waals surface area contributed by atoms with Crippen LogP contribution in [0, 0.1) is 24.1 Å². The van der Waals surface area contributed by atoms with Crippen molar-refractivity contribution in [3.8, 4) is 22.4 Å². The van der Waals surface area contributed by atoms with Gasteiger partial charge in [-0.1, -0.05) is 6.07 Å². The van der Waals surface area contributed by atoms with Gasteiger partial charge in [0.2, 0.25) is 0 Å². The van der Waals surface area contributed by atoms with Gasteiger partial charge >= 0.3 is 0 Å². The van der Waals surface area contributed by atoms with Crippen LogP contribution in [0.4, 0.5) is 10.2 Å². The monoisotopic (exact) mass is 421 g/mol. The highest BCUT2D eigenvalue weighted by Gasteiger charge is 2.14. The SMILES string of the molecule is CCOc1csc(-c2cc(NCCn3c(C#N)cc4c(C)ccc(F)c43)ncn2)c1. The van der Waals surface area contributed by atoms with E-state index in [4.69, 9.17) is 4.74 Å². The number of ether oxygens (including phenoxy) is 1. The number of benzene rings is 1. The largest absolute Gasteiger partial charge is 0.493 e. The van der Waals surface area contributed by atoms with Crippen LogP contribution in [0.5, 0.6) is 5.75 Å². The van der Waals surface area contributed by atoms with Gasteiger partial charge in [-0.2, -0.15) is 5.26 Å². The molecule has 0 aliphatic heterocycles. The highest BCUT2D eigenvalue weighted by atomic mass is 32.1. The van der Waals surface area contributed by atoms with E-state index in [0.29, 0.717) is 36.7 Å². The van der Waals surface area contributed by atoms with Gasteiger partial charge in [-0.05, 0) is 31.5 Å². The van der Waals surface area contributed by atoms with E-state index in [-0.39, 0.29) is 5.82 Å². The van der Waals surface area contributed by atoms with Crippen molar-refractivity contribution in [1.82, 2.24) is 14.5 Å². The summed E-state index contributed by atoms with van der Waals surface area (Å²) in [7, 11) is 0. The molecule has 30 heavy (non-hydrogen) atoms. The molecule has 0 amide bonds. The Kier molecular flexibility index (Phi) is 5.63. The Morgan fingerprint density at radius 2 is 2.13 bits per heavy atom. The molecular weight excluding hydrogens is 401 g/mol. The topological polar surface area (TPSA) is 75.8 Å². The van der Waals surface area contributed by atoms with Crippen LogP contribution in [0.25, 0.3) is 21.5 Å². The molecule has 0 saturated carbocycles. The lowest BCUT2D eigenvalue weighted by molar-refractivity contribution is 0.342. The van der Waals surface area contributed by atoms with Gasteiger partial charge in [0.05, 0.1) is 22.7 Å². The average Bonchev–Trinajstić information content (AvgIpc) is 3.37. The fourth-order valence-electron chi connectivity index (χ4n) is 3.38. The third-order valence-electron chi connectivity index (χ3n) is 4.79. The van der Waals surface area contributed by atoms with Crippen molar-refractivity contribution in [3.63, 3.8) is 0 Å². The highest BCUT2D eigenvalue weighted by molar-refractivity contribution is 7.13. The summed E-state index contributed by atoms with van der Waals surface area (Å²) >= 11 is 1.56. The number of thiophene rings is 1. The normalized spacial score (nSPS) is 10.9. The molecule has 0 bridgehead atoms. The van der Waals surface area contributed by atoms with Crippen molar-refractivity contribution in [3.05, 3.63) is 59.1 Å². The van der Waals surface area contributed by atoms with E-state index in [2.05, 4.69) is 21.4 Å². The van der Waals surface area contributed by atoms with E-state index in [0.717, 1.165) is 27.3 Å². The molecule has 0 fully saturated rings. The van der Waals surface area contributed by atoms with Crippen molar-refractivity contribution < 1.29 is 9.13 Å². The number of nitrogens with one attached hydrogen (secondary N) is 1. The summed E-state index contributed by atoms with van der Waals surface area (Å²) in [5.41, 5.74) is 2.64. The van der Waals surface area contributed by atoms with Crippen molar-refractivity contribution in [1.29, 1.82) is 5.26 Å². The van der Waals surface area contributed by atoms with E-state index < -0.39 is 0 Å². The van der Waals surface area contributed by atoms with Gasteiger partial charge in [0.25, 0.3) is 0 Å². The van der Waals surface area contributed by atoms with Crippen LogP contribution in [0.2, 0.25) is 0 Å². The molecule has 0 spiro atoms. The Labute approximate surface area is 177 Å². The summed E-state index contributed by atoms with van der Waals surface area (Å²) < 4.78 is 21.7. The number of fused-ring (bicyclic) bond motifs is 1. The number of hydrogen-bond acceptors (Lipinski definition) is 6. The lowest BCUT2D eigenvalue weighted by Gasteiger charge is -2.10. The Hall–Kier alpha value is -3.44. The molecule has 4 aromatic rings. The number of anilines is 1. The molecule has 152 valence electrons. The summed E-state index contributed by atoms with van der Waals surface area (Å²) in [4.78, 5) is 9.59. The third-order valence-corrected chi connectivity index (χ3v) is 5.72. The zero-order valence-corrected chi connectivity index (χ0v) is 17.5. The smallest absolute Gasteiger partial charge is 0.147 e. The quantitative estimate of drug-likeness (QED) is 0.455. The molecule has 0 aliphatic rings. The number of nitriles is 1. The molecule has 0 radical (unpaired) electrons. The molecule has 3 heterocycles. The van der Waals surface area contributed by atoms with Crippen molar-refractivity contribution in [2.24, 2.45) is 0 Å². The minimum atomic E-state index is -0.329. The summed E-state index contributed by atoms with van der Waals surface area (Å²) in [6.07, 6.45) is 1.51. The van der Waals surface area contributed by atoms with Crippen LogP contribution < -0.4 is 10.1 Å². The van der Waals surface area contributed by atoms with Gasteiger partial charge in [-0.3, -0.25) is 0 Å². The van der Waals surface area contributed by atoms with Crippen LogP contribution >= 0.6 is 11.3 Å². The number of hydrogen-bond donors (Lipinski definition) is 1. The Morgan fingerprint density at radius 1 is 1.27 bits per heavy atom. The van der Waals surface area contributed by atoms with Gasteiger partial charge in [0.1, 0.15) is 35.5 Å². The number of aromatic nitrogens is 3. The number of halogens is 1. The second-order valence-electron chi connectivity index (χ2n) is 6.71. The zero-order valence-electron chi connectivity index (χ0n) is 16.6. The molecule has 0 atom stereocenters. The second kappa shape index (κ2) is 8.51. The van der Waals surface area contributed by atoms with Crippen molar-refractivity contribution >= 4 is 28.1 Å². The van der Waals surface area contributed by atoms with Gasteiger partial charge in [-0.15, -0.1) is 11.3 Å². The summed E-state index contributed by atoms with van der Waals surface area (Å²) in [6, 6.07) is 10.9. The molecule has 0 aliphatic carbocycles. The molecular formula is C22H20FN5OS. The highest BCUT2D eigenvalue weighted by Crippen LogP contribution is 2.30. The molecule has 4 rings (SSSR count). The Balaban J connectivity index is 1.51. The van der Waals surface area contributed by atoms with Crippen LogP contribution in [-0.4, -0.2) is 27.7 Å². The first-order valence-electron chi connectivity index (χ1n) is 9.56. The number of rotatable bonds is 7. The lowest BCUT2D eigenvalue weighted by Crippen LogP contribution is -2.13. The van der Waals surface area contributed by atoms with E-state index in [1.165, 1.54) is 12.4 Å². The van der Waals surface area contributed by atoms with Crippen LogP contribution in [-0.2, 0) is 6.54 Å².